The zero-order valence-corrected chi connectivity index (χ0v) is 11.2. The molecule has 104 valence electrons. The Kier molecular flexibility index (Phi) is 1.68. The molecule has 5 rings (SSSR count). The van der Waals surface area contributed by atoms with Gasteiger partial charge in [0.1, 0.15) is 10.8 Å². The van der Waals surface area contributed by atoms with Crippen LogP contribution < -0.4 is 0 Å². The third kappa shape index (κ3) is 0.810. The van der Waals surface area contributed by atoms with Crippen LogP contribution in [0.25, 0.3) is 0 Å². The summed E-state index contributed by atoms with van der Waals surface area (Å²) in [5.41, 5.74) is 0.691. The molecule has 0 aromatic rings. The highest BCUT2D eigenvalue weighted by Crippen LogP contribution is 2.82. The van der Waals surface area contributed by atoms with E-state index in [-0.39, 0.29) is 24.1 Å². The van der Waals surface area contributed by atoms with E-state index in [9.17, 15) is 9.59 Å². The molecule has 2 bridgehead atoms. The van der Waals surface area contributed by atoms with Crippen LogP contribution in [-0.2, 0) is 19.1 Å². The fourth-order valence-corrected chi connectivity index (χ4v) is 5.63. The highest BCUT2D eigenvalue weighted by Gasteiger charge is 2.82. The van der Waals surface area contributed by atoms with Crippen LogP contribution in [0.3, 0.4) is 0 Å². The zero-order chi connectivity index (χ0) is 13.6. The molecule has 2 atom stereocenters. The van der Waals surface area contributed by atoms with Crippen molar-refractivity contribution in [3.8, 4) is 0 Å². The summed E-state index contributed by atoms with van der Waals surface area (Å²) in [6.07, 6.45) is 9.91. The van der Waals surface area contributed by atoms with Crippen molar-refractivity contribution >= 4 is 11.9 Å². The molecule has 4 nitrogen and oxygen atoms in total. The minimum atomic E-state index is -0.651. The van der Waals surface area contributed by atoms with Gasteiger partial charge in [-0.05, 0) is 30.4 Å². The molecule has 4 aliphatic carbocycles. The Hall–Kier alpha value is -1.58. The van der Waals surface area contributed by atoms with Crippen molar-refractivity contribution < 1.29 is 19.1 Å². The van der Waals surface area contributed by atoms with Gasteiger partial charge in [0.05, 0.1) is 0 Å². The summed E-state index contributed by atoms with van der Waals surface area (Å²) in [5.74, 6) is -0.403. The van der Waals surface area contributed by atoms with Gasteiger partial charge in [-0.3, -0.25) is 9.59 Å². The first-order valence-corrected chi connectivity index (χ1v) is 7.47. The number of hydrogen-bond donors (Lipinski definition) is 0. The SMILES string of the molecule is O=C1OCOC(=O)C23C=CC1(C1=C2C1)C31CCCCC1. The van der Waals surface area contributed by atoms with Crippen molar-refractivity contribution in [2.45, 2.75) is 38.5 Å². The van der Waals surface area contributed by atoms with Crippen LogP contribution in [0.2, 0.25) is 0 Å². The van der Waals surface area contributed by atoms with Crippen LogP contribution in [0, 0.1) is 16.2 Å². The van der Waals surface area contributed by atoms with Crippen molar-refractivity contribution in [1.82, 2.24) is 0 Å². The van der Waals surface area contributed by atoms with E-state index in [1.54, 1.807) is 0 Å². The second-order valence-corrected chi connectivity index (χ2v) is 6.71. The van der Waals surface area contributed by atoms with Crippen LogP contribution in [0.5, 0.6) is 0 Å². The summed E-state index contributed by atoms with van der Waals surface area (Å²) in [6.45, 7) is -0.237. The van der Waals surface area contributed by atoms with Gasteiger partial charge in [-0.1, -0.05) is 31.4 Å². The molecule has 0 aromatic carbocycles. The van der Waals surface area contributed by atoms with E-state index >= 15 is 0 Å². The van der Waals surface area contributed by atoms with Crippen molar-refractivity contribution in [2.75, 3.05) is 6.79 Å². The first kappa shape index (κ1) is 11.1. The molecule has 1 saturated heterocycles. The molecule has 5 aliphatic rings. The van der Waals surface area contributed by atoms with Gasteiger partial charge in [-0.25, -0.2) is 0 Å². The Morgan fingerprint density at radius 2 is 1.40 bits per heavy atom. The molecule has 0 aromatic heterocycles. The van der Waals surface area contributed by atoms with Crippen LogP contribution in [0.1, 0.15) is 38.5 Å². The minimum Gasteiger partial charge on any atom is -0.427 e. The van der Waals surface area contributed by atoms with Crippen molar-refractivity contribution in [1.29, 1.82) is 0 Å². The van der Waals surface area contributed by atoms with E-state index in [1.165, 1.54) is 6.42 Å². The van der Waals surface area contributed by atoms with Crippen molar-refractivity contribution in [3.05, 3.63) is 23.3 Å². The lowest BCUT2D eigenvalue weighted by atomic mass is 9.50. The molecular weight excluding hydrogens is 256 g/mol. The second-order valence-electron chi connectivity index (χ2n) is 6.71. The van der Waals surface area contributed by atoms with Crippen molar-refractivity contribution in [3.63, 3.8) is 0 Å². The summed E-state index contributed by atoms with van der Waals surface area (Å²) >= 11 is 0. The van der Waals surface area contributed by atoms with Crippen LogP contribution in [-0.4, -0.2) is 18.7 Å². The smallest absolute Gasteiger partial charge is 0.323 e. The van der Waals surface area contributed by atoms with Crippen LogP contribution in [0.15, 0.2) is 23.3 Å². The van der Waals surface area contributed by atoms with E-state index in [0.717, 1.165) is 43.3 Å². The number of carbonyl (C=O) groups excluding carboxylic acids is 2. The Balaban J connectivity index is 1.81. The number of esters is 2. The molecule has 0 radical (unpaired) electrons. The van der Waals surface area contributed by atoms with Crippen LogP contribution in [0.4, 0.5) is 0 Å². The fourth-order valence-electron chi connectivity index (χ4n) is 5.63. The number of cyclic esters (lactones) is 2. The Bertz CT molecular complexity index is 578. The third-order valence-electron chi connectivity index (χ3n) is 6.37. The molecule has 0 amide bonds. The topological polar surface area (TPSA) is 52.6 Å². The highest BCUT2D eigenvalue weighted by molar-refractivity contribution is 6.01. The van der Waals surface area contributed by atoms with E-state index in [0.29, 0.717) is 0 Å². The monoisotopic (exact) mass is 272 g/mol. The third-order valence-corrected chi connectivity index (χ3v) is 6.37. The predicted molar refractivity (Wildman–Crippen MR) is 68.2 cm³/mol. The first-order valence-electron chi connectivity index (χ1n) is 7.47. The fraction of sp³-hybridized carbons (Fsp3) is 0.625. The molecule has 2 unspecified atom stereocenters. The Morgan fingerprint density at radius 1 is 0.850 bits per heavy atom. The maximum absolute atomic E-state index is 12.7. The van der Waals surface area contributed by atoms with Crippen LogP contribution >= 0.6 is 0 Å². The number of ether oxygens (including phenoxy) is 2. The van der Waals surface area contributed by atoms with E-state index in [2.05, 4.69) is 0 Å². The summed E-state index contributed by atoms with van der Waals surface area (Å²) in [4.78, 5) is 25.4. The van der Waals surface area contributed by atoms with Gasteiger partial charge in [-0.15, -0.1) is 0 Å². The standard InChI is InChI=1S/C16H16O4/c17-12-15-6-7-16(11-8-10(11)15,13(18)20-9-19-12)14(15)4-2-1-3-5-14/h6-7H,1-5,8-9H2. The van der Waals surface area contributed by atoms with Crippen molar-refractivity contribution in [2.24, 2.45) is 16.2 Å². The highest BCUT2D eigenvalue weighted by atomic mass is 16.7. The van der Waals surface area contributed by atoms with Gasteiger partial charge in [0.15, 0.2) is 0 Å². The normalized spacial score (nSPS) is 43.0. The zero-order valence-electron chi connectivity index (χ0n) is 11.2. The summed E-state index contributed by atoms with van der Waals surface area (Å²) in [5, 5.41) is 0. The number of carbonyl (C=O) groups is 2. The molecule has 0 N–H and O–H groups in total. The van der Waals surface area contributed by atoms with E-state index in [1.807, 2.05) is 12.2 Å². The number of hydrogen-bond acceptors (Lipinski definition) is 4. The van der Waals surface area contributed by atoms with Gasteiger partial charge in [0, 0.05) is 5.41 Å². The maximum atomic E-state index is 12.7. The lowest BCUT2D eigenvalue weighted by molar-refractivity contribution is -0.196. The molecule has 2 fully saturated rings. The first-order chi connectivity index (χ1) is 9.69. The minimum absolute atomic E-state index is 0.201. The average molecular weight is 272 g/mol. The van der Waals surface area contributed by atoms with Gasteiger partial charge in [0.2, 0.25) is 6.79 Å². The number of rotatable bonds is 0. The lowest BCUT2D eigenvalue weighted by Crippen LogP contribution is -2.56. The van der Waals surface area contributed by atoms with Gasteiger partial charge >= 0.3 is 11.9 Å². The van der Waals surface area contributed by atoms with Gasteiger partial charge < -0.3 is 9.47 Å². The quantitative estimate of drug-likeness (QED) is 0.501. The summed E-state index contributed by atoms with van der Waals surface area (Å²) in [6, 6.07) is 0. The predicted octanol–water partition coefficient (Wildman–Crippen LogP) is 2.25. The summed E-state index contributed by atoms with van der Waals surface area (Å²) in [7, 11) is 0. The average Bonchev–Trinajstić information content (AvgIpc) is 3.18. The maximum Gasteiger partial charge on any atom is 0.323 e. The molecule has 1 spiro atoms. The van der Waals surface area contributed by atoms with Gasteiger partial charge in [-0.2, -0.15) is 0 Å². The molecule has 1 aliphatic heterocycles. The molecule has 4 heteroatoms. The van der Waals surface area contributed by atoms with E-state index < -0.39 is 10.8 Å². The Morgan fingerprint density at radius 3 is 1.95 bits per heavy atom. The van der Waals surface area contributed by atoms with E-state index in [4.69, 9.17) is 9.47 Å². The Labute approximate surface area is 116 Å². The summed E-state index contributed by atoms with van der Waals surface area (Å²) < 4.78 is 10.5. The molecular formula is C16H16O4. The molecule has 1 heterocycles. The second kappa shape index (κ2) is 3.02. The molecule has 1 saturated carbocycles. The van der Waals surface area contributed by atoms with Gasteiger partial charge in [0.25, 0.3) is 0 Å². The largest absolute Gasteiger partial charge is 0.427 e. The molecule has 20 heavy (non-hydrogen) atoms. The lowest BCUT2D eigenvalue weighted by Gasteiger charge is -2.52.